The van der Waals surface area contributed by atoms with E-state index in [-0.39, 0.29) is 30.4 Å². The van der Waals surface area contributed by atoms with Crippen molar-refractivity contribution in [3.05, 3.63) is 36.0 Å². The van der Waals surface area contributed by atoms with E-state index in [1.54, 1.807) is 0 Å². The van der Waals surface area contributed by atoms with E-state index in [9.17, 15) is 14.0 Å². The predicted octanol–water partition coefficient (Wildman–Crippen LogP) is 0.458. The number of aliphatic hydroxyl groups is 1. The normalized spacial score (nSPS) is 11.8. The summed E-state index contributed by atoms with van der Waals surface area (Å²) >= 11 is 0. The summed E-state index contributed by atoms with van der Waals surface area (Å²) < 4.78 is 22.3. The number of esters is 1. The summed E-state index contributed by atoms with van der Waals surface area (Å²) in [5, 5.41) is 15.1. The third-order valence-corrected chi connectivity index (χ3v) is 3.14. The number of rotatable bonds is 7. The molecule has 24 heavy (non-hydrogen) atoms. The summed E-state index contributed by atoms with van der Waals surface area (Å²) in [6, 6.07) is 4.47. The zero-order valence-electron chi connectivity index (χ0n) is 12.9. The molecule has 8 nitrogen and oxygen atoms in total. The molecule has 1 heterocycles. The zero-order valence-corrected chi connectivity index (χ0v) is 12.9. The fraction of sp³-hybridized carbons (Fsp3) is 0.333. The van der Waals surface area contributed by atoms with Crippen molar-refractivity contribution >= 4 is 11.9 Å². The smallest absolute Gasteiger partial charge is 0.330 e. The van der Waals surface area contributed by atoms with E-state index in [1.807, 2.05) is 0 Å². The van der Waals surface area contributed by atoms with Crippen LogP contribution in [0, 0.1) is 5.82 Å². The third kappa shape index (κ3) is 4.59. The average Bonchev–Trinajstić information content (AvgIpc) is 3.06. The maximum Gasteiger partial charge on any atom is 0.330 e. The van der Waals surface area contributed by atoms with Crippen LogP contribution in [0.1, 0.15) is 12.3 Å². The number of ether oxygens (including phenoxy) is 1. The monoisotopic (exact) mass is 337 g/mol. The van der Waals surface area contributed by atoms with Crippen molar-refractivity contribution < 1.29 is 28.3 Å². The number of aliphatic hydroxyl groups excluding tert-OH is 1. The molecule has 9 heteroatoms. The van der Waals surface area contributed by atoms with Gasteiger partial charge in [0.2, 0.25) is 17.6 Å². The highest BCUT2D eigenvalue weighted by Crippen LogP contribution is 2.16. The molecule has 1 atom stereocenters. The Morgan fingerprint density at radius 1 is 1.38 bits per heavy atom. The van der Waals surface area contributed by atoms with E-state index < -0.39 is 24.5 Å². The largest absolute Gasteiger partial charge is 0.467 e. The number of amides is 1. The minimum Gasteiger partial charge on any atom is -0.467 e. The first kappa shape index (κ1) is 17.5. The number of hydrogen-bond donors (Lipinski definition) is 2. The number of aryl methyl sites for hydroxylation is 1. The maximum absolute atomic E-state index is 12.9. The second-order valence-electron chi connectivity index (χ2n) is 4.84. The Bertz CT molecular complexity index is 701. The van der Waals surface area contributed by atoms with Gasteiger partial charge in [-0.15, -0.1) is 0 Å². The van der Waals surface area contributed by atoms with Gasteiger partial charge in [-0.25, -0.2) is 9.18 Å². The summed E-state index contributed by atoms with van der Waals surface area (Å²) in [5.41, 5.74) is 0.585. The van der Waals surface area contributed by atoms with Crippen LogP contribution < -0.4 is 5.32 Å². The Morgan fingerprint density at radius 3 is 2.71 bits per heavy atom. The Balaban J connectivity index is 1.89. The van der Waals surface area contributed by atoms with Crippen molar-refractivity contribution in [3.8, 4) is 11.4 Å². The first-order valence-corrected chi connectivity index (χ1v) is 7.10. The van der Waals surface area contributed by atoms with Gasteiger partial charge in [0.1, 0.15) is 5.82 Å². The summed E-state index contributed by atoms with van der Waals surface area (Å²) in [5.74, 6) is -1.07. The second kappa shape index (κ2) is 8.16. The van der Waals surface area contributed by atoms with Crippen LogP contribution >= 0.6 is 0 Å². The van der Waals surface area contributed by atoms with Crippen molar-refractivity contribution in [3.63, 3.8) is 0 Å². The SMILES string of the molecule is COC(=O)[C@H](CO)NC(=O)CCc1nc(-c2ccc(F)cc2)no1. The van der Waals surface area contributed by atoms with Crippen LogP contribution in [-0.4, -0.2) is 46.9 Å². The van der Waals surface area contributed by atoms with Gasteiger partial charge in [0.15, 0.2) is 6.04 Å². The number of nitrogens with zero attached hydrogens (tertiary/aromatic N) is 2. The number of halogens is 1. The molecule has 0 saturated carbocycles. The van der Waals surface area contributed by atoms with Crippen LogP contribution in [0.5, 0.6) is 0 Å². The molecular weight excluding hydrogens is 321 g/mol. The molecule has 2 aromatic rings. The van der Waals surface area contributed by atoms with Crippen molar-refractivity contribution in [2.75, 3.05) is 13.7 Å². The van der Waals surface area contributed by atoms with E-state index in [1.165, 1.54) is 24.3 Å². The molecule has 1 aromatic carbocycles. The van der Waals surface area contributed by atoms with E-state index in [0.29, 0.717) is 5.56 Å². The minimum atomic E-state index is -1.11. The predicted molar refractivity (Wildman–Crippen MR) is 79.0 cm³/mol. The number of methoxy groups -OCH3 is 1. The van der Waals surface area contributed by atoms with Gasteiger partial charge in [-0.1, -0.05) is 5.16 Å². The van der Waals surface area contributed by atoms with Gasteiger partial charge in [0, 0.05) is 18.4 Å². The van der Waals surface area contributed by atoms with Gasteiger partial charge >= 0.3 is 5.97 Å². The molecule has 0 aliphatic rings. The van der Waals surface area contributed by atoms with Crippen LogP contribution in [0.3, 0.4) is 0 Å². The second-order valence-corrected chi connectivity index (χ2v) is 4.84. The Hall–Kier alpha value is -2.81. The molecule has 0 aliphatic carbocycles. The molecule has 1 amide bonds. The minimum absolute atomic E-state index is 0.0153. The Kier molecular flexibility index (Phi) is 5.96. The lowest BCUT2D eigenvalue weighted by Gasteiger charge is -2.13. The molecule has 0 fully saturated rings. The molecule has 0 radical (unpaired) electrons. The van der Waals surface area contributed by atoms with Gasteiger partial charge in [0.25, 0.3) is 0 Å². The van der Waals surface area contributed by atoms with Crippen LogP contribution in [0.15, 0.2) is 28.8 Å². The first-order chi connectivity index (χ1) is 11.5. The lowest BCUT2D eigenvalue weighted by Crippen LogP contribution is -2.44. The molecule has 0 saturated heterocycles. The van der Waals surface area contributed by atoms with Gasteiger partial charge in [0.05, 0.1) is 13.7 Å². The number of aromatic nitrogens is 2. The van der Waals surface area contributed by atoms with E-state index in [2.05, 4.69) is 20.2 Å². The fourth-order valence-electron chi connectivity index (χ4n) is 1.88. The first-order valence-electron chi connectivity index (χ1n) is 7.10. The highest BCUT2D eigenvalue weighted by molar-refractivity contribution is 5.84. The standard InChI is InChI=1S/C15H16FN3O5/c1-23-15(22)11(8-20)17-12(21)6-7-13-18-14(19-24-13)9-2-4-10(16)5-3-9/h2-5,11,20H,6-8H2,1H3,(H,17,21)/t11-/m0/s1. The van der Waals surface area contributed by atoms with Crippen molar-refractivity contribution in [1.29, 1.82) is 0 Å². The van der Waals surface area contributed by atoms with E-state index in [4.69, 9.17) is 9.63 Å². The molecule has 1 aromatic heterocycles. The highest BCUT2D eigenvalue weighted by atomic mass is 19.1. The molecule has 128 valence electrons. The number of hydrogen-bond acceptors (Lipinski definition) is 7. The number of nitrogens with one attached hydrogen (secondary N) is 1. The molecule has 0 unspecified atom stereocenters. The summed E-state index contributed by atoms with van der Waals surface area (Å²) in [6.07, 6.45) is 0.137. The van der Waals surface area contributed by atoms with Crippen molar-refractivity contribution in [1.82, 2.24) is 15.5 Å². The van der Waals surface area contributed by atoms with Crippen LogP contribution in [0.4, 0.5) is 4.39 Å². The van der Waals surface area contributed by atoms with Crippen LogP contribution in [-0.2, 0) is 20.7 Å². The Morgan fingerprint density at radius 2 is 2.08 bits per heavy atom. The van der Waals surface area contributed by atoms with Crippen LogP contribution in [0.25, 0.3) is 11.4 Å². The fourth-order valence-corrected chi connectivity index (χ4v) is 1.88. The van der Waals surface area contributed by atoms with Gasteiger partial charge in [-0.3, -0.25) is 4.79 Å². The van der Waals surface area contributed by atoms with E-state index in [0.717, 1.165) is 7.11 Å². The lowest BCUT2D eigenvalue weighted by atomic mass is 10.2. The van der Waals surface area contributed by atoms with Crippen molar-refractivity contribution in [2.24, 2.45) is 0 Å². The summed E-state index contributed by atoms with van der Waals surface area (Å²) in [4.78, 5) is 27.1. The number of carbonyl (C=O) groups excluding carboxylic acids is 2. The van der Waals surface area contributed by atoms with Crippen molar-refractivity contribution in [2.45, 2.75) is 18.9 Å². The maximum atomic E-state index is 12.9. The van der Waals surface area contributed by atoms with E-state index >= 15 is 0 Å². The lowest BCUT2D eigenvalue weighted by molar-refractivity contribution is -0.146. The topological polar surface area (TPSA) is 115 Å². The molecule has 0 bridgehead atoms. The number of benzene rings is 1. The molecule has 0 aliphatic heterocycles. The van der Waals surface area contributed by atoms with Crippen LogP contribution in [0.2, 0.25) is 0 Å². The molecule has 2 rings (SSSR count). The molecular formula is C15H16FN3O5. The zero-order chi connectivity index (χ0) is 17.5. The quantitative estimate of drug-likeness (QED) is 0.705. The highest BCUT2D eigenvalue weighted by Gasteiger charge is 2.20. The molecule has 2 N–H and O–H groups in total. The van der Waals surface area contributed by atoms with Gasteiger partial charge in [-0.2, -0.15) is 4.98 Å². The molecule has 0 spiro atoms. The van der Waals surface area contributed by atoms with Gasteiger partial charge < -0.3 is 19.7 Å². The summed E-state index contributed by atoms with van der Waals surface area (Å²) in [7, 11) is 1.16. The average molecular weight is 337 g/mol. The van der Waals surface area contributed by atoms with Gasteiger partial charge in [-0.05, 0) is 24.3 Å². The third-order valence-electron chi connectivity index (χ3n) is 3.14. The summed E-state index contributed by atoms with van der Waals surface area (Å²) in [6.45, 7) is -0.562. The number of carbonyl (C=O) groups is 2. The Labute approximate surface area is 136 Å².